The lowest BCUT2D eigenvalue weighted by atomic mass is 10.0. The van der Waals surface area contributed by atoms with Crippen molar-refractivity contribution in [3.8, 4) is 0 Å². The van der Waals surface area contributed by atoms with Crippen LogP contribution in [0.2, 0.25) is 0 Å². The zero-order valence-electron chi connectivity index (χ0n) is 9.94. The molecule has 4 nitrogen and oxygen atoms in total. The highest BCUT2D eigenvalue weighted by atomic mass is 16.5. The monoisotopic (exact) mass is 221 g/mol. The van der Waals surface area contributed by atoms with E-state index in [1.54, 1.807) is 6.20 Å². The summed E-state index contributed by atoms with van der Waals surface area (Å²) >= 11 is 0. The van der Waals surface area contributed by atoms with Crippen LogP contribution in [0.3, 0.4) is 0 Å². The van der Waals surface area contributed by atoms with E-state index in [0.717, 1.165) is 37.7 Å². The number of hydrogen-bond donors (Lipinski definition) is 1. The molecular formula is C12H19N3O. The summed E-state index contributed by atoms with van der Waals surface area (Å²) in [5.74, 6) is 0. The number of anilines is 1. The van der Waals surface area contributed by atoms with Crippen molar-refractivity contribution in [1.29, 1.82) is 0 Å². The quantitative estimate of drug-likeness (QED) is 0.817. The number of morpholine rings is 1. The first-order chi connectivity index (χ1) is 7.58. The minimum atomic E-state index is 0.0739. The summed E-state index contributed by atoms with van der Waals surface area (Å²) in [6.45, 7) is 7.74. The molecule has 0 radical (unpaired) electrons. The lowest BCUT2D eigenvalue weighted by molar-refractivity contribution is -0.0557. The molecule has 0 saturated carbocycles. The predicted octanol–water partition coefficient (Wildman–Crippen LogP) is 1.27. The van der Waals surface area contributed by atoms with Crippen molar-refractivity contribution in [3.05, 3.63) is 24.0 Å². The number of nitrogens with zero attached hydrogens (tertiary/aromatic N) is 2. The molecule has 1 aliphatic rings. The van der Waals surface area contributed by atoms with Crippen molar-refractivity contribution < 1.29 is 4.74 Å². The van der Waals surface area contributed by atoms with Crippen LogP contribution in [0.5, 0.6) is 0 Å². The average molecular weight is 221 g/mol. The third-order valence-electron chi connectivity index (χ3n) is 3.01. The third-order valence-corrected chi connectivity index (χ3v) is 3.01. The summed E-state index contributed by atoms with van der Waals surface area (Å²) < 4.78 is 5.49. The van der Waals surface area contributed by atoms with Gasteiger partial charge in [-0.05, 0) is 26.0 Å². The van der Waals surface area contributed by atoms with Crippen molar-refractivity contribution in [2.24, 2.45) is 0 Å². The van der Waals surface area contributed by atoms with Gasteiger partial charge in [0.05, 0.1) is 18.9 Å². The van der Waals surface area contributed by atoms with E-state index < -0.39 is 0 Å². The number of ether oxygens (including phenoxy) is 1. The van der Waals surface area contributed by atoms with E-state index >= 15 is 0 Å². The zero-order chi connectivity index (χ0) is 11.6. The van der Waals surface area contributed by atoms with Gasteiger partial charge in [0, 0.05) is 30.5 Å². The molecule has 4 heteroatoms. The Balaban J connectivity index is 2.08. The summed E-state index contributed by atoms with van der Waals surface area (Å²) in [4.78, 5) is 6.72. The molecule has 0 atom stereocenters. The van der Waals surface area contributed by atoms with Crippen LogP contribution in [-0.4, -0.2) is 35.2 Å². The molecule has 1 aromatic heterocycles. The van der Waals surface area contributed by atoms with Crippen molar-refractivity contribution in [1.82, 2.24) is 9.88 Å². The lowest BCUT2D eigenvalue weighted by Gasteiger charge is -2.41. The van der Waals surface area contributed by atoms with Gasteiger partial charge >= 0.3 is 0 Å². The normalized spacial score (nSPS) is 20.9. The highest BCUT2D eigenvalue weighted by Gasteiger charge is 2.30. The first-order valence-electron chi connectivity index (χ1n) is 5.61. The van der Waals surface area contributed by atoms with E-state index in [0.29, 0.717) is 0 Å². The predicted molar refractivity (Wildman–Crippen MR) is 64.0 cm³/mol. The van der Waals surface area contributed by atoms with Crippen molar-refractivity contribution in [2.75, 3.05) is 25.5 Å². The standard InChI is InChI=1S/C12H19N3O/c1-12(2)9-16-6-5-15(12)8-11-7-10(13)3-4-14-11/h3-4,7H,5-6,8-9H2,1-2H3,(H2,13,14). The molecule has 0 spiro atoms. The van der Waals surface area contributed by atoms with Gasteiger partial charge in [-0.1, -0.05) is 0 Å². The van der Waals surface area contributed by atoms with Gasteiger partial charge in [0.25, 0.3) is 0 Å². The first-order valence-corrected chi connectivity index (χ1v) is 5.61. The fourth-order valence-electron chi connectivity index (χ4n) is 1.96. The minimum absolute atomic E-state index is 0.0739. The number of nitrogens with two attached hydrogens (primary N) is 1. The van der Waals surface area contributed by atoms with E-state index in [4.69, 9.17) is 10.5 Å². The van der Waals surface area contributed by atoms with Crippen LogP contribution in [0.15, 0.2) is 18.3 Å². The van der Waals surface area contributed by atoms with Crippen LogP contribution in [0.4, 0.5) is 5.69 Å². The van der Waals surface area contributed by atoms with E-state index in [9.17, 15) is 0 Å². The largest absolute Gasteiger partial charge is 0.399 e. The molecule has 2 N–H and O–H groups in total. The minimum Gasteiger partial charge on any atom is -0.399 e. The zero-order valence-corrected chi connectivity index (χ0v) is 9.94. The van der Waals surface area contributed by atoms with Gasteiger partial charge in [-0.2, -0.15) is 0 Å². The second-order valence-corrected chi connectivity index (χ2v) is 4.87. The molecule has 1 fully saturated rings. The maximum atomic E-state index is 5.75. The third kappa shape index (κ3) is 2.51. The molecule has 1 saturated heterocycles. The van der Waals surface area contributed by atoms with Crippen LogP contribution < -0.4 is 5.73 Å². The Kier molecular flexibility index (Phi) is 3.12. The molecule has 0 bridgehead atoms. The van der Waals surface area contributed by atoms with Crippen molar-refractivity contribution in [3.63, 3.8) is 0 Å². The molecular weight excluding hydrogens is 202 g/mol. The van der Waals surface area contributed by atoms with Gasteiger partial charge in [-0.25, -0.2) is 0 Å². The van der Waals surface area contributed by atoms with E-state index in [1.807, 2.05) is 12.1 Å². The highest BCUT2D eigenvalue weighted by molar-refractivity contribution is 5.37. The SMILES string of the molecule is CC1(C)COCCN1Cc1cc(N)ccn1. The Hall–Kier alpha value is -1.13. The Morgan fingerprint density at radius 3 is 3.06 bits per heavy atom. The summed E-state index contributed by atoms with van der Waals surface area (Å²) in [5, 5.41) is 0. The fraction of sp³-hybridized carbons (Fsp3) is 0.583. The number of pyridine rings is 1. The van der Waals surface area contributed by atoms with Crippen LogP contribution in [-0.2, 0) is 11.3 Å². The summed E-state index contributed by atoms with van der Waals surface area (Å²) in [5.41, 5.74) is 7.62. The lowest BCUT2D eigenvalue weighted by Crippen LogP contribution is -2.52. The summed E-state index contributed by atoms with van der Waals surface area (Å²) in [7, 11) is 0. The molecule has 1 aromatic rings. The Labute approximate surface area is 96.4 Å². The molecule has 88 valence electrons. The average Bonchev–Trinajstić information content (AvgIpc) is 2.21. The van der Waals surface area contributed by atoms with Gasteiger partial charge < -0.3 is 10.5 Å². The Morgan fingerprint density at radius 2 is 2.38 bits per heavy atom. The molecule has 1 aliphatic heterocycles. The van der Waals surface area contributed by atoms with Crippen LogP contribution in [0.25, 0.3) is 0 Å². The number of nitrogen functional groups attached to an aromatic ring is 1. The number of rotatable bonds is 2. The van der Waals surface area contributed by atoms with Crippen molar-refractivity contribution in [2.45, 2.75) is 25.9 Å². The summed E-state index contributed by atoms with van der Waals surface area (Å²) in [6.07, 6.45) is 1.76. The second kappa shape index (κ2) is 4.39. The maximum Gasteiger partial charge on any atom is 0.0645 e. The number of hydrogen-bond acceptors (Lipinski definition) is 4. The second-order valence-electron chi connectivity index (χ2n) is 4.87. The molecule has 2 heterocycles. The first kappa shape index (κ1) is 11.4. The smallest absolute Gasteiger partial charge is 0.0645 e. The van der Waals surface area contributed by atoms with Gasteiger partial charge in [-0.15, -0.1) is 0 Å². The highest BCUT2D eigenvalue weighted by Crippen LogP contribution is 2.21. The molecule has 0 amide bonds. The summed E-state index contributed by atoms with van der Waals surface area (Å²) in [6, 6.07) is 3.75. The van der Waals surface area contributed by atoms with E-state index in [1.165, 1.54) is 0 Å². The maximum absolute atomic E-state index is 5.75. The van der Waals surface area contributed by atoms with Gasteiger partial charge in [0.15, 0.2) is 0 Å². The Morgan fingerprint density at radius 1 is 1.56 bits per heavy atom. The fourth-order valence-corrected chi connectivity index (χ4v) is 1.96. The van der Waals surface area contributed by atoms with Crippen LogP contribution in [0, 0.1) is 0 Å². The van der Waals surface area contributed by atoms with Crippen LogP contribution >= 0.6 is 0 Å². The topological polar surface area (TPSA) is 51.4 Å². The van der Waals surface area contributed by atoms with E-state index in [-0.39, 0.29) is 5.54 Å². The van der Waals surface area contributed by atoms with Gasteiger partial charge in [-0.3, -0.25) is 9.88 Å². The molecule has 16 heavy (non-hydrogen) atoms. The molecule has 0 unspecified atom stereocenters. The molecule has 0 aliphatic carbocycles. The van der Waals surface area contributed by atoms with Crippen molar-refractivity contribution >= 4 is 5.69 Å². The Bertz CT molecular complexity index is 365. The van der Waals surface area contributed by atoms with Gasteiger partial charge in [0.1, 0.15) is 0 Å². The molecule has 2 rings (SSSR count). The van der Waals surface area contributed by atoms with E-state index in [2.05, 4.69) is 23.7 Å². The molecule has 0 aromatic carbocycles. The van der Waals surface area contributed by atoms with Crippen LogP contribution in [0.1, 0.15) is 19.5 Å². The van der Waals surface area contributed by atoms with Gasteiger partial charge in [0.2, 0.25) is 0 Å². The number of aromatic nitrogens is 1.